The van der Waals surface area contributed by atoms with Crippen molar-refractivity contribution in [2.24, 2.45) is 0 Å². The Labute approximate surface area is 398 Å². The average molecular weight is 1100 g/mol. The first-order valence-electron chi connectivity index (χ1n) is 18.6. The average Bonchev–Trinajstić information content (AvgIpc) is 4.15. The van der Waals surface area contributed by atoms with Gasteiger partial charge < -0.3 is 105 Å². The van der Waals surface area contributed by atoms with Crippen molar-refractivity contribution in [1.29, 1.82) is 0 Å². The molecule has 6 aromatic rings. The maximum Gasteiger partial charge on any atom is 3.00 e. The van der Waals surface area contributed by atoms with Gasteiger partial charge in [0.15, 0.2) is 52.2 Å². The minimum absolute atomic E-state index is 0. The van der Waals surface area contributed by atoms with Crippen LogP contribution >= 0.6 is 0 Å². The van der Waals surface area contributed by atoms with Crippen molar-refractivity contribution in [2.45, 2.75) is 91.9 Å². The molecular formula is C33H33HoN12O21. The molecule has 0 saturated carbocycles. The third-order valence-electron chi connectivity index (χ3n) is 10.3. The summed E-state index contributed by atoms with van der Waals surface area (Å²) in [6.07, 6.45) is -17.8. The second-order valence-electron chi connectivity index (χ2n) is 14.3. The first-order chi connectivity index (χ1) is 31.2. The number of carbonyl (C=O) groups is 3. The molecule has 0 aliphatic carbocycles. The van der Waals surface area contributed by atoms with E-state index in [1.807, 2.05) is 0 Å². The van der Waals surface area contributed by atoms with Gasteiger partial charge in [0.1, 0.15) is 92.2 Å². The van der Waals surface area contributed by atoms with E-state index in [9.17, 15) is 91.0 Å². The molecule has 0 spiro atoms. The number of aromatic nitrogens is 12. The van der Waals surface area contributed by atoms with E-state index in [-0.39, 0.29) is 88.9 Å². The zero-order chi connectivity index (χ0) is 48.0. The van der Waals surface area contributed by atoms with Crippen LogP contribution in [0.15, 0.2) is 38.0 Å². The summed E-state index contributed by atoms with van der Waals surface area (Å²) in [6.45, 7) is 0. The predicted octanol–water partition coefficient (Wildman–Crippen LogP) is -11.2. The molecule has 9 heterocycles. The van der Waals surface area contributed by atoms with E-state index >= 15 is 0 Å². The van der Waals surface area contributed by atoms with Crippen LogP contribution in [-0.4, -0.2) is 211 Å². The fourth-order valence-corrected chi connectivity index (χ4v) is 7.01. The third kappa shape index (κ3) is 9.42. The van der Waals surface area contributed by atoms with Crippen molar-refractivity contribution in [2.75, 3.05) is 0 Å². The van der Waals surface area contributed by atoms with Gasteiger partial charge in [-0.15, -0.1) is 0 Å². The molecule has 33 nitrogen and oxygen atoms in total. The summed E-state index contributed by atoms with van der Waals surface area (Å²) in [5.74, 6) is -6.68. The standard InChI is InChI=1S/3C11H12N4O7.Ho/c3*16-4-5(17)10(22-7(4)6(18)11(20)21)15-2-14-3-8(15)12-1-13-9(3)19;/h3*1-2,4-7,10,16-18H,(H,20,21)(H,12,13,19);/q;;;+3/p-3/t3*4-,5+,6?,7-,10+;/m000./s1. The Hall–Kier alpha value is -5.76. The summed E-state index contributed by atoms with van der Waals surface area (Å²) in [5.41, 5.74) is 0.428. The largest absolute Gasteiger partial charge is 3.00 e. The Morgan fingerprint density at radius 1 is 0.448 bits per heavy atom. The topological polar surface area (TPSA) is 522 Å². The molecule has 3 aliphatic heterocycles. The molecule has 3 aliphatic rings. The van der Waals surface area contributed by atoms with Crippen molar-refractivity contribution >= 4 is 51.4 Å². The quantitative estimate of drug-likeness (QED) is 0.0598. The van der Waals surface area contributed by atoms with E-state index < -0.39 is 110 Å². The molecule has 362 valence electrons. The maximum absolute atomic E-state index is 10.7. The van der Waals surface area contributed by atoms with Crippen molar-refractivity contribution in [3.05, 3.63) is 38.0 Å². The van der Waals surface area contributed by atoms with Crippen molar-refractivity contribution < 1.29 is 143 Å². The Morgan fingerprint density at radius 3 is 0.910 bits per heavy atom. The van der Waals surface area contributed by atoms with E-state index in [1.165, 1.54) is 32.7 Å². The summed E-state index contributed by atoms with van der Waals surface area (Å²) < 4.78 is 19.2. The number of hydrogen-bond acceptors (Lipinski definition) is 30. The molecule has 0 aromatic carbocycles. The normalized spacial score (nSPS) is 29.3. The molecule has 67 heavy (non-hydrogen) atoms. The molecule has 3 fully saturated rings. The van der Waals surface area contributed by atoms with Gasteiger partial charge in [0.05, 0.1) is 36.9 Å². The second-order valence-corrected chi connectivity index (χ2v) is 14.3. The van der Waals surface area contributed by atoms with Gasteiger partial charge in [-0.2, -0.15) is 15.0 Å². The Kier molecular flexibility index (Phi) is 15.3. The number of carbonyl (C=O) groups excluding carboxylic acids is 3. The van der Waals surface area contributed by atoms with Crippen LogP contribution < -0.4 is 15.3 Å². The number of fused-ring (bicyclic) bond motifs is 3. The van der Waals surface area contributed by atoms with Gasteiger partial charge in [0.2, 0.25) is 17.6 Å². The van der Waals surface area contributed by atoms with Crippen LogP contribution in [-0.2, 0) is 28.6 Å². The van der Waals surface area contributed by atoms with Gasteiger partial charge in [-0.05, 0) is 0 Å². The van der Waals surface area contributed by atoms with E-state index in [1.54, 1.807) is 0 Å². The molecule has 3 unspecified atom stereocenters. The summed E-state index contributed by atoms with van der Waals surface area (Å²) in [5, 5.41) is 149. The predicted molar refractivity (Wildman–Crippen MR) is 192 cm³/mol. The van der Waals surface area contributed by atoms with Crippen LogP contribution in [0.2, 0.25) is 0 Å². The number of imidazole rings is 3. The third-order valence-corrected chi connectivity index (χ3v) is 10.3. The Morgan fingerprint density at radius 2 is 0.687 bits per heavy atom. The number of ether oxygens (including phenoxy) is 3. The number of nitrogens with zero attached hydrogens (tertiary/aromatic N) is 12. The number of hydrogen-bond donors (Lipinski definition) is 12. The van der Waals surface area contributed by atoms with Gasteiger partial charge in [-0.1, -0.05) is 0 Å². The number of aromatic hydroxyl groups is 3. The first kappa shape index (κ1) is 50.6. The van der Waals surface area contributed by atoms with Crippen molar-refractivity contribution in [3.63, 3.8) is 0 Å². The van der Waals surface area contributed by atoms with Gasteiger partial charge in [-0.25, -0.2) is 29.9 Å². The van der Waals surface area contributed by atoms with Crippen molar-refractivity contribution in [1.82, 2.24) is 58.6 Å². The van der Waals surface area contributed by atoms with Gasteiger partial charge in [0.25, 0.3) is 0 Å². The molecule has 9 rings (SSSR count). The van der Waals surface area contributed by atoms with E-state index in [0.717, 1.165) is 19.0 Å². The molecule has 0 amide bonds. The molecular weight excluding hydrogens is 1070 g/mol. The molecule has 0 bridgehead atoms. The number of carboxylic acid groups (broad SMARTS) is 3. The summed E-state index contributed by atoms with van der Waals surface area (Å²) in [6, 6.07) is 0. The first-order valence-corrected chi connectivity index (χ1v) is 18.6. The SMILES string of the molecule is O=C([O-])C(O)[C@H]1O[C@@H](n2cnc3c(O)ncnc32)[C@H](O)[C@@H]1O.O=C([O-])C(O)[C@H]1O[C@@H](n2cnc3c(O)ncnc32)[C@H](O)[C@@H]1O.O=C([O-])C(O)[C@H]1O[C@@H](n2cnc3c(O)ncnc32)[C@H](O)[C@@H]1O.[Ho+3]. The fourth-order valence-electron chi connectivity index (χ4n) is 7.01. The molecule has 15 atom stereocenters. The molecule has 0 radical (unpaired) electrons. The van der Waals surface area contributed by atoms with E-state index in [0.29, 0.717) is 0 Å². The number of rotatable bonds is 9. The van der Waals surface area contributed by atoms with Crippen LogP contribution in [0.1, 0.15) is 18.7 Å². The maximum atomic E-state index is 10.7. The molecule has 34 heteroatoms. The second kappa shape index (κ2) is 20.2. The number of aliphatic hydroxyl groups excluding tert-OH is 9. The zero-order valence-electron chi connectivity index (χ0n) is 32.8. The van der Waals surface area contributed by atoms with E-state index in [4.69, 9.17) is 14.2 Å². The number of aliphatic hydroxyl groups is 9. The number of aliphatic carboxylic acids is 3. The summed E-state index contributed by atoms with van der Waals surface area (Å²) >= 11 is 0. The fraction of sp³-hybridized carbons (Fsp3) is 0.455. The number of carboxylic acids is 3. The Bertz CT molecular complexity index is 2460. The van der Waals surface area contributed by atoms with Crippen LogP contribution in [0, 0.1) is 37.7 Å². The van der Waals surface area contributed by atoms with Gasteiger partial charge >= 0.3 is 37.7 Å². The Balaban J connectivity index is 0.000000165. The molecule has 3 saturated heterocycles. The van der Waals surface area contributed by atoms with E-state index in [2.05, 4.69) is 44.9 Å². The smallest absolute Gasteiger partial charge is 0.547 e. The van der Waals surface area contributed by atoms with Gasteiger partial charge in [-0.3, -0.25) is 13.7 Å². The minimum Gasteiger partial charge on any atom is -0.547 e. The minimum atomic E-state index is -2.12. The van der Waals surface area contributed by atoms with Crippen LogP contribution in [0.3, 0.4) is 0 Å². The summed E-state index contributed by atoms with van der Waals surface area (Å²) in [4.78, 5) is 65.8. The van der Waals surface area contributed by atoms with Crippen LogP contribution in [0.25, 0.3) is 33.5 Å². The monoisotopic (exact) mass is 1100 g/mol. The van der Waals surface area contributed by atoms with Crippen LogP contribution in [0.5, 0.6) is 17.6 Å². The van der Waals surface area contributed by atoms with Crippen molar-refractivity contribution in [3.8, 4) is 17.6 Å². The molecule has 12 N–H and O–H groups in total. The zero-order valence-corrected chi connectivity index (χ0v) is 34.8. The summed E-state index contributed by atoms with van der Waals surface area (Å²) in [7, 11) is 0. The van der Waals surface area contributed by atoms with Crippen LogP contribution in [0.4, 0.5) is 0 Å². The molecule has 6 aromatic heterocycles. The van der Waals surface area contributed by atoms with Gasteiger partial charge in [0, 0.05) is 0 Å².